The van der Waals surface area contributed by atoms with Crippen LogP contribution in [0.3, 0.4) is 0 Å². The first-order valence-corrected chi connectivity index (χ1v) is 10.6. The second-order valence-electron chi connectivity index (χ2n) is 6.07. The molecule has 1 aromatic heterocycles. The van der Waals surface area contributed by atoms with Gasteiger partial charge in [-0.1, -0.05) is 21.9 Å². The summed E-state index contributed by atoms with van der Waals surface area (Å²) in [6, 6.07) is 10.3. The number of carbonyl (C=O) groups is 1. The van der Waals surface area contributed by atoms with Gasteiger partial charge in [0.1, 0.15) is 28.8 Å². The molecule has 0 saturated heterocycles. The first kappa shape index (κ1) is 23.2. The third kappa shape index (κ3) is 5.84. The van der Waals surface area contributed by atoms with E-state index in [1.807, 2.05) is 0 Å². The minimum Gasteiger partial charge on any atom is -0.497 e. The van der Waals surface area contributed by atoms with Crippen molar-refractivity contribution in [1.82, 2.24) is 10.2 Å². The Morgan fingerprint density at radius 1 is 1.22 bits per heavy atom. The Balaban J connectivity index is 1.91. The van der Waals surface area contributed by atoms with Gasteiger partial charge in [-0.2, -0.15) is 0 Å². The molecule has 8 nitrogen and oxygen atoms in total. The topological polar surface area (TPSA) is 104 Å². The Bertz CT molecular complexity index is 1180. The van der Waals surface area contributed by atoms with Crippen molar-refractivity contribution in [3.8, 4) is 41.0 Å². The zero-order valence-corrected chi connectivity index (χ0v) is 19.4. The lowest BCUT2D eigenvalue weighted by molar-refractivity contribution is -0.131. The largest absolute Gasteiger partial charge is 0.497 e. The summed E-state index contributed by atoms with van der Waals surface area (Å²) in [5, 5.41) is 17.7. The van der Waals surface area contributed by atoms with Crippen molar-refractivity contribution in [1.29, 1.82) is 0 Å². The molecule has 0 aliphatic rings. The van der Waals surface area contributed by atoms with Gasteiger partial charge in [-0.05, 0) is 48.2 Å². The second-order valence-corrected chi connectivity index (χ2v) is 7.97. The van der Waals surface area contributed by atoms with Crippen molar-refractivity contribution in [2.24, 2.45) is 0 Å². The van der Waals surface area contributed by atoms with Gasteiger partial charge in [0.2, 0.25) is 5.89 Å². The fourth-order valence-corrected chi connectivity index (χ4v) is 3.59. The minimum atomic E-state index is -1.17. The Kier molecular flexibility index (Phi) is 7.81. The van der Waals surface area contributed by atoms with E-state index >= 15 is 0 Å². The van der Waals surface area contributed by atoms with Gasteiger partial charge in [0, 0.05) is 21.7 Å². The fraction of sp³-hybridized carbons (Fsp3) is 0.136. The molecule has 1 N–H and O–H groups in total. The lowest BCUT2D eigenvalue weighted by Crippen LogP contribution is -1.99. The number of carboxylic acids is 1. The molecule has 10 heteroatoms. The summed E-state index contributed by atoms with van der Waals surface area (Å²) in [6.45, 7) is 0.0506. The maximum Gasteiger partial charge on any atom is 0.342 e. The van der Waals surface area contributed by atoms with Gasteiger partial charge in [-0.15, -0.1) is 16.6 Å². The summed E-state index contributed by atoms with van der Waals surface area (Å²) >= 11 is 4.18. The van der Waals surface area contributed by atoms with E-state index in [2.05, 4.69) is 32.0 Å². The number of aromatic nitrogens is 2. The molecular formula is C22H17BrN2O6S. The summed E-state index contributed by atoms with van der Waals surface area (Å²) in [5.74, 6) is 2.95. The maximum atomic E-state index is 11.9. The lowest BCUT2D eigenvalue weighted by Gasteiger charge is -2.08. The van der Waals surface area contributed by atoms with Gasteiger partial charge in [0.15, 0.2) is 0 Å². The number of nitrogens with zero attached hydrogens (tertiary/aromatic N) is 2. The number of hydrogen-bond donors (Lipinski definition) is 1. The first-order valence-electron chi connectivity index (χ1n) is 8.99. The summed E-state index contributed by atoms with van der Waals surface area (Å²) in [4.78, 5) is 11.8. The van der Waals surface area contributed by atoms with Crippen molar-refractivity contribution >= 4 is 39.7 Å². The van der Waals surface area contributed by atoms with Crippen LogP contribution >= 0.6 is 27.7 Å². The highest BCUT2D eigenvalue weighted by atomic mass is 79.9. The van der Waals surface area contributed by atoms with E-state index < -0.39 is 5.97 Å². The van der Waals surface area contributed by atoms with E-state index in [0.717, 1.165) is 16.2 Å². The molecule has 0 radical (unpaired) electrons. The maximum absolute atomic E-state index is 11.9. The first-order chi connectivity index (χ1) is 15.4. The number of terminal acetylenes is 1. The van der Waals surface area contributed by atoms with E-state index in [1.165, 1.54) is 20.3 Å². The van der Waals surface area contributed by atoms with E-state index in [-0.39, 0.29) is 22.6 Å². The van der Waals surface area contributed by atoms with E-state index in [4.69, 9.17) is 25.1 Å². The highest BCUT2D eigenvalue weighted by Gasteiger charge is 2.18. The molecule has 3 aromatic rings. The van der Waals surface area contributed by atoms with Gasteiger partial charge in [0.25, 0.3) is 5.22 Å². The second kappa shape index (κ2) is 10.7. The van der Waals surface area contributed by atoms with Crippen LogP contribution < -0.4 is 14.2 Å². The van der Waals surface area contributed by atoms with Crippen molar-refractivity contribution in [3.05, 3.63) is 51.3 Å². The number of methoxy groups -OCH3 is 2. The average Bonchev–Trinajstić information content (AvgIpc) is 3.26. The zero-order chi connectivity index (χ0) is 23.1. The number of carboxylic acid groups (broad SMARTS) is 1. The molecule has 32 heavy (non-hydrogen) atoms. The molecular weight excluding hydrogens is 500 g/mol. The Hall–Kier alpha value is -3.42. The van der Waals surface area contributed by atoms with Crippen LogP contribution in [0, 0.1) is 12.3 Å². The summed E-state index contributed by atoms with van der Waals surface area (Å²) in [7, 11) is 3.06. The van der Waals surface area contributed by atoms with Crippen molar-refractivity contribution in [2.75, 3.05) is 20.8 Å². The van der Waals surface area contributed by atoms with E-state index in [0.29, 0.717) is 28.4 Å². The molecule has 0 amide bonds. The predicted molar refractivity (Wildman–Crippen MR) is 123 cm³/mol. The standard InChI is InChI=1S/C22H17BrN2O6S/c1-4-7-30-18-6-5-15(23)8-13(18)11-19(21(26)27)32-22-25-24-20(31-22)14-9-16(28-2)12-17(10-14)29-3/h1,5-6,8-12H,7H2,2-3H3,(H,26,27)/b19-11-. The third-order valence-electron chi connectivity index (χ3n) is 3.98. The molecule has 0 fully saturated rings. The zero-order valence-electron chi connectivity index (χ0n) is 17.0. The van der Waals surface area contributed by atoms with E-state index in [9.17, 15) is 9.90 Å². The Labute approximate surface area is 196 Å². The van der Waals surface area contributed by atoms with Crippen molar-refractivity contribution in [2.45, 2.75) is 5.22 Å². The number of thioether (sulfide) groups is 1. The van der Waals surface area contributed by atoms with Crippen LogP contribution in [0.15, 0.2) is 55.4 Å². The number of halogens is 1. The molecule has 0 atom stereocenters. The van der Waals surface area contributed by atoms with Crippen LogP contribution in [0.4, 0.5) is 0 Å². The molecule has 0 aliphatic carbocycles. The fourth-order valence-electron chi connectivity index (χ4n) is 2.55. The highest BCUT2D eigenvalue weighted by Crippen LogP contribution is 2.34. The molecule has 0 spiro atoms. The SMILES string of the molecule is C#CCOc1ccc(Br)cc1/C=C(\Sc1nnc(-c2cc(OC)cc(OC)c2)o1)C(=O)O. The number of hydrogen-bond acceptors (Lipinski definition) is 8. The molecule has 0 aliphatic heterocycles. The third-order valence-corrected chi connectivity index (χ3v) is 5.33. The number of ether oxygens (including phenoxy) is 3. The predicted octanol–water partition coefficient (Wildman–Crippen LogP) is 4.75. The Morgan fingerprint density at radius 3 is 2.56 bits per heavy atom. The van der Waals surface area contributed by atoms with Crippen molar-refractivity contribution in [3.63, 3.8) is 0 Å². The molecule has 1 heterocycles. The quantitative estimate of drug-likeness (QED) is 0.245. The summed E-state index contributed by atoms with van der Waals surface area (Å²) in [6.07, 6.45) is 6.70. The molecule has 0 saturated carbocycles. The van der Waals surface area contributed by atoms with E-state index in [1.54, 1.807) is 36.4 Å². The minimum absolute atomic E-state index is 0.0490. The van der Waals surface area contributed by atoms with Crippen LogP contribution in [-0.2, 0) is 4.79 Å². The van der Waals surface area contributed by atoms with Gasteiger partial charge >= 0.3 is 5.97 Å². The van der Waals surface area contributed by atoms with Crippen molar-refractivity contribution < 1.29 is 28.5 Å². The molecule has 164 valence electrons. The molecule has 2 aromatic carbocycles. The molecule has 0 unspecified atom stereocenters. The van der Waals surface area contributed by atoms with Crippen LogP contribution in [-0.4, -0.2) is 42.1 Å². The molecule has 3 rings (SSSR count). The van der Waals surface area contributed by atoms with Gasteiger partial charge < -0.3 is 23.7 Å². The smallest absolute Gasteiger partial charge is 0.342 e. The summed E-state index contributed by atoms with van der Waals surface area (Å²) < 4.78 is 22.4. The Morgan fingerprint density at radius 2 is 1.94 bits per heavy atom. The lowest BCUT2D eigenvalue weighted by atomic mass is 10.2. The van der Waals surface area contributed by atoms with Crippen LogP contribution in [0.2, 0.25) is 0 Å². The van der Waals surface area contributed by atoms with Crippen LogP contribution in [0.5, 0.6) is 17.2 Å². The average molecular weight is 517 g/mol. The van der Waals surface area contributed by atoms with Gasteiger partial charge in [0.05, 0.1) is 14.2 Å². The monoisotopic (exact) mass is 516 g/mol. The van der Waals surface area contributed by atoms with Crippen LogP contribution in [0.25, 0.3) is 17.5 Å². The number of rotatable bonds is 9. The number of aliphatic carboxylic acids is 1. The summed E-state index contributed by atoms with van der Waals surface area (Å²) in [5.41, 5.74) is 1.09. The molecule has 0 bridgehead atoms. The normalized spacial score (nSPS) is 11.0. The van der Waals surface area contributed by atoms with Gasteiger partial charge in [-0.25, -0.2) is 4.79 Å². The number of benzene rings is 2. The highest BCUT2D eigenvalue weighted by molar-refractivity contribution is 9.10. The van der Waals surface area contributed by atoms with Gasteiger partial charge in [-0.3, -0.25) is 0 Å². The van der Waals surface area contributed by atoms with Crippen LogP contribution in [0.1, 0.15) is 5.56 Å².